The molecule has 0 aliphatic rings. The Balaban J connectivity index is 0.000000132. The van der Waals surface area contributed by atoms with Crippen LogP contribution in [0.3, 0.4) is 0 Å². The van der Waals surface area contributed by atoms with E-state index in [2.05, 4.69) is 9.97 Å². The van der Waals surface area contributed by atoms with Gasteiger partial charge in [-0.3, -0.25) is 0 Å². The monoisotopic (exact) mass is 180 g/mol. The molecular formula is C9H12N2O2. The van der Waals surface area contributed by atoms with Crippen LogP contribution in [0.25, 0.3) is 0 Å². The van der Waals surface area contributed by atoms with Crippen molar-refractivity contribution in [3.63, 3.8) is 0 Å². The van der Waals surface area contributed by atoms with Crippen molar-refractivity contribution >= 4 is 0 Å². The van der Waals surface area contributed by atoms with Gasteiger partial charge in [-0.2, -0.15) is 0 Å². The maximum atomic E-state index is 4.97. The molecule has 13 heavy (non-hydrogen) atoms. The van der Waals surface area contributed by atoms with E-state index in [1.165, 1.54) is 6.39 Å². The quantitative estimate of drug-likeness (QED) is 0.624. The first-order valence-corrected chi connectivity index (χ1v) is 3.92. The van der Waals surface area contributed by atoms with Gasteiger partial charge in [0.15, 0.2) is 12.3 Å². The lowest BCUT2D eigenvalue weighted by atomic mass is 10.6. The number of hydrogen-bond acceptors (Lipinski definition) is 4. The van der Waals surface area contributed by atoms with Gasteiger partial charge in [-0.15, -0.1) is 0 Å². The van der Waals surface area contributed by atoms with Crippen LogP contribution >= 0.6 is 0 Å². The van der Waals surface area contributed by atoms with E-state index in [0.29, 0.717) is 0 Å². The van der Waals surface area contributed by atoms with Crippen molar-refractivity contribution in [2.45, 2.75) is 20.8 Å². The number of aryl methyl sites for hydroxylation is 3. The van der Waals surface area contributed by atoms with Crippen LogP contribution in [0.1, 0.15) is 17.4 Å². The zero-order valence-electron chi connectivity index (χ0n) is 7.94. The predicted molar refractivity (Wildman–Crippen MR) is 47.2 cm³/mol. The maximum absolute atomic E-state index is 4.97. The Morgan fingerprint density at radius 3 is 2.00 bits per heavy atom. The van der Waals surface area contributed by atoms with Crippen molar-refractivity contribution < 1.29 is 8.83 Å². The highest BCUT2D eigenvalue weighted by Crippen LogP contribution is 1.97. The molecule has 0 aliphatic carbocycles. The zero-order chi connectivity index (χ0) is 9.68. The highest BCUT2D eigenvalue weighted by molar-refractivity contribution is 4.87. The largest absolute Gasteiger partial charge is 0.449 e. The van der Waals surface area contributed by atoms with E-state index in [9.17, 15) is 0 Å². The van der Waals surface area contributed by atoms with Crippen LogP contribution in [-0.4, -0.2) is 9.97 Å². The van der Waals surface area contributed by atoms with Crippen molar-refractivity contribution in [2.75, 3.05) is 0 Å². The Hall–Kier alpha value is -1.58. The Morgan fingerprint density at radius 2 is 1.85 bits per heavy atom. The molecule has 4 nitrogen and oxygen atoms in total. The summed E-state index contributed by atoms with van der Waals surface area (Å²) in [4.78, 5) is 7.50. The fraction of sp³-hybridized carbons (Fsp3) is 0.333. The first-order chi connectivity index (χ1) is 6.18. The normalized spacial score (nSPS) is 9.15. The first-order valence-electron chi connectivity index (χ1n) is 3.92. The maximum Gasteiger partial charge on any atom is 0.191 e. The molecule has 0 bridgehead atoms. The SMILES string of the molecule is Cc1cnc(C)o1.Cc1cnco1. The summed E-state index contributed by atoms with van der Waals surface area (Å²) in [5.41, 5.74) is 0. The standard InChI is InChI=1S/C5H7NO.C4H5NO/c1-4-3-6-5(2)7-4;1-4-2-5-3-6-4/h3H,1-2H3;2-3H,1H3. The second-order valence-corrected chi connectivity index (χ2v) is 2.60. The molecule has 2 heterocycles. The van der Waals surface area contributed by atoms with E-state index < -0.39 is 0 Å². The van der Waals surface area contributed by atoms with Crippen molar-refractivity contribution in [1.82, 2.24) is 9.97 Å². The minimum Gasteiger partial charge on any atom is -0.449 e. The van der Waals surface area contributed by atoms with Gasteiger partial charge < -0.3 is 8.83 Å². The number of rotatable bonds is 0. The van der Waals surface area contributed by atoms with Crippen LogP contribution < -0.4 is 0 Å². The molecule has 2 aromatic heterocycles. The summed E-state index contributed by atoms with van der Waals surface area (Å²) in [6, 6.07) is 0. The fourth-order valence-electron chi connectivity index (χ4n) is 0.747. The molecule has 0 spiro atoms. The van der Waals surface area contributed by atoms with Crippen molar-refractivity contribution in [1.29, 1.82) is 0 Å². The Bertz CT molecular complexity index is 322. The number of nitrogens with zero attached hydrogens (tertiary/aromatic N) is 2. The molecule has 0 fully saturated rings. The topological polar surface area (TPSA) is 52.1 Å². The Labute approximate surface area is 76.6 Å². The molecule has 0 N–H and O–H groups in total. The number of hydrogen-bond donors (Lipinski definition) is 0. The average Bonchev–Trinajstić information content (AvgIpc) is 2.64. The summed E-state index contributed by atoms with van der Waals surface area (Å²) in [6.07, 6.45) is 4.78. The van der Waals surface area contributed by atoms with E-state index in [1.807, 2.05) is 20.8 Å². The van der Waals surface area contributed by atoms with E-state index in [-0.39, 0.29) is 0 Å². The van der Waals surface area contributed by atoms with Crippen molar-refractivity contribution in [3.8, 4) is 0 Å². The van der Waals surface area contributed by atoms with Gasteiger partial charge in [0, 0.05) is 6.92 Å². The number of oxazole rings is 2. The molecule has 0 aliphatic heterocycles. The molecule has 0 saturated carbocycles. The second-order valence-electron chi connectivity index (χ2n) is 2.60. The fourth-order valence-corrected chi connectivity index (χ4v) is 0.747. The summed E-state index contributed by atoms with van der Waals surface area (Å²) in [7, 11) is 0. The first kappa shape index (κ1) is 9.51. The predicted octanol–water partition coefficient (Wildman–Crippen LogP) is 2.27. The summed E-state index contributed by atoms with van der Waals surface area (Å²) in [6.45, 7) is 5.56. The van der Waals surface area contributed by atoms with Gasteiger partial charge in [-0.05, 0) is 13.8 Å². The molecule has 0 saturated heterocycles. The molecule has 70 valence electrons. The van der Waals surface area contributed by atoms with E-state index >= 15 is 0 Å². The lowest BCUT2D eigenvalue weighted by Gasteiger charge is -1.73. The third-order valence-corrected chi connectivity index (χ3v) is 1.29. The molecular weight excluding hydrogens is 168 g/mol. The Kier molecular flexibility index (Phi) is 3.25. The lowest BCUT2D eigenvalue weighted by molar-refractivity contribution is 0.494. The van der Waals surface area contributed by atoms with Crippen molar-refractivity contribution in [3.05, 3.63) is 36.2 Å². The van der Waals surface area contributed by atoms with E-state index in [0.717, 1.165) is 17.4 Å². The van der Waals surface area contributed by atoms with E-state index in [4.69, 9.17) is 8.83 Å². The highest BCUT2D eigenvalue weighted by Gasteiger charge is 1.87. The van der Waals surface area contributed by atoms with Crippen LogP contribution in [-0.2, 0) is 0 Å². The minimum atomic E-state index is 0.734. The average molecular weight is 180 g/mol. The molecule has 0 aromatic carbocycles. The van der Waals surface area contributed by atoms with Gasteiger partial charge in [0.1, 0.15) is 11.5 Å². The van der Waals surface area contributed by atoms with Gasteiger partial charge >= 0.3 is 0 Å². The summed E-state index contributed by atoms with van der Waals surface area (Å²) >= 11 is 0. The lowest BCUT2D eigenvalue weighted by Crippen LogP contribution is -1.59. The molecule has 0 amide bonds. The molecule has 0 atom stereocenters. The van der Waals surface area contributed by atoms with Gasteiger partial charge in [-0.1, -0.05) is 0 Å². The molecule has 2 rings (SSSR count). The third kappa shape index (κ3) is 3.55. The van der Waals surface area contributed by atoms with Crippen LogP contribution in [0.4, 0.5) is 0 Å². The summed E-state index contributed by atoms with van der Waals surface area (Å²) < 4.78 is 9.69. The number of aromatic nitrogens is 2. The molecule has 0 radical (unpaired) electrons. The zero-order valence-corrected chi connectivity index (χ0v) is 7.94. The van der Waals surface area contributed by atoms with E-state index in [1.54, 1.807) is 12.4 Å². The second kappa shape index (κ2) is 4.45. The molecule has 0 unspecified atom stereocenters. The summed E-state index contributed by atoms with van der Waals surface area (Å²) in [5.74, 6) is 2.46. The van der Waals surface area contributed by atoms with Crippen molar-refractivity contribution in [2.24, 2.45) is 0 Å². The molecule has 4 heteroatoms. The minimum absolute atomic E-state index is 0.734. The van der Waals surface area contributed by atoms with Gasteiger partial charge in [0.25, 0.3) is 0 Å². The smallest absolute Gasteiger partial charge is 0.191 e. The van der Waals surface area contributed by atoms with Gasteiger partial charge in [0.05, 0.1) is 12.4 Å². The van der Waals surface area contributed by atoms with Crippen LogP contribution in [0.15, 0.2) is 27.6 Å². The highest BCUT2D eigenvalue weighted by atomic mass is 16.3. The van der Waals surface area contributed by atoms with Gasteiger partial charge in [-0.25, -0.2) is 9.97 Å². The summed E-state index contributed by atoms with van der Waals surface area (Å²) in [5, 5.41) is 0. The molecule has 2 aromatic rings. The van der Waals surface area contributed by atoms with Gasteiger partial charge in [0.2, 0.25) is 0 Å². The van der Waals surface area contributed by atoms with Crippen LogP contribution in [0, 0.1) is 20.8 Å². The Morgan fingerprint density at radius 1 is 1.08 bits per heavy atom. The van der Waals surface area contributed by atoms with Crippen LogP contribution in [0.5, 0.6) is 0 Å². The third-order valence-electron chi connectivity index (χ3n) is 1.29. The van der Waals surface area contributed by atoms with Crippen LogP contribution in [0.2, 0.25) is 0 Å².